The monoisotopic (exact) mass is 342 g/mol. The van der Waals surface area contributed by atoms with Gasteiger partial charge >= 0.3 is 0 Å². The van der Waals surface area contributed by atoms with Gasteiger partial charge < -0.3 is 4.74 Å². The zero-order valence-electron chi connectivity index (χ0n) is 12.1. The predicted molar refractivity (Wildman–Crippen MR) is 93.6 cm³/mol. The molecule has 23 heavy (non-hydrogen) atoms. The zero-order chi connectivity index (χ0) is 16.0. The number of methoxy groups -OCH3 is 1. The first-order valence-corrected chi connectivity index (χ1v) is 8.12. The van der Waals surface area contributed by atoms with Crippen LogP contribution in [0.3, 0.4) is 0 Å². The van der Waals surface area contributed by atoms with Gasteiger partial charge in [-0.2, -0.15) is 0 Å². The molecule has 0 atom stereocenters. The molecule has 0 saturated heterocycles. The van der Waals surface area contributed by atoms with Crippen molar-refractivity contribution in [2.24, 2.45) is 0 Å². The molecule has 0 bridgehead atoms. The number of hydrogen-bond donors (Lipinski definition) is 0. The van der Waals surface area contributed by atoms with Crippen LogP contribution < -0.4 is 14.8 Å². The summed E-state index contributed by atoms with van der Waals surface area (Å²) in [5.41, 5.74) is 2.44. The van der Waals surface area contributed by atoms with Crippen LogP contribution >= 0.6 is 22.9 Å². The van der Waals surface area contributed by atoms with Crippen LogP contribution in [0.4, 0.5) is 0 Å². The Morgan fingerprint density at radius 1 is 1.26 bits per heavy atom. The molecule has 4 nitrogen and oxygen atoms in total. The normalized spacial score (nSPS) is 12.3. The molecule has 2 heterocycles. The Hall–Kier alpha value is -2.37. The molecule has 2 aromatic heterocycles. The fourth-order valence-electron chi connectivity index (χ4n) is 2.54. The highest BCUT2D eigenvalue weighted by molar-refractivity contribution is 7.15. The van der Waals surface area contributed by atoms with Gasteiger partial charge in [0.1, 0.15) is 5.75 Å². The van der Waals surface area contributed by atoms with Gasteiger partial charge in [-0.15, -0.1) is 0 Å². The number of nitrogens with zero attached hydrogens (tertiary/aromatic N) is 2. The molecule has 0 spiro atoms. The van der Waals surface area contributed by atoms with E-state index in [4.69, 9.17) is 16.3 Å². The van der Waals surface area contributed by atoms with E-state index in [1.165, 1.54) is 11.3 Å². The van der Waals surface area contributed by atoms with Crippen molar-refractivity contribution in [2.45, 2.75) is 0 Å². The van der Waals surface area contributed by atoms with Crippen LogP contribution in [0.2, 0.25) is 5.02 Å². The standard InChI is InChI=1S/C17H11ClN2O2S/c1-22-14-7-6-10(8-11(14)18)9-15-16(21)20-13-5-3-2-4-12(13)19-17(20)23-15/h2-9H,1H3. The second kappa shape index (κ2) is 5.37. The number of benzene rings is 2. The van der Waals surface area contributed by atoms with E-state index in [2.05, 4.69) is 4.98 Å². The number of ether oxygens (including phenoxy) is 1. The van der Waals surface area contributed by atoms with E-state index in [0.29, 0.717) is 20.3 Å². The molecule has 114 valence electrons. The van der Waals surface area contributed by atoms with Gasteiger partial charge in [-0.3, -0.25) is 4.79 Å². The van der Waals surface area contributed by atoms with Crippen molar-refractivity contribution in [1.82, 2.24) is 9.38 Å². The Bertz CT molecular complexity index is 1150. The third-order valence-corrected chi connectivity index (χ3v) is 4.88. The third-order valence-electron chi connectivity index (χ3n) is 3.62. The molecule has 2 aromatic carbocycles. The average molecular weight is 343 g/mol. The molecule has 0 fully saturated rings. The molecule has 0 aliphatic carbocycles. The Morgan fingerprint density at radius 2 is 2.09 bits per heavy atom. The fourth-order valence-corrected chi connectivity index (χ4v) is 3.79. The van der Waals surface area contributed by atoms with Gasteiger partial charge in [0.25, 0.3) is 5.56 Å². The van der Waals surface area contributed by atoms with Crippen molar-refractivity contribution in [3.05, 3.63) is 67.9 Å². The second-order valence-electron chi connectivity index (χ2n) is 5.03. The van der Waals surface area contributed by atoms with E-state index in [1.54, 1.807) is 23.6 Å². The molecule has 0 aliphatic rings. The lowest BCUT2D eigenvalue weighted by molar-refractivity contribution is 0.415. The second-order valence-corrected chi connectivity index (χ2v) is 6.44. The maximum atomic E-state index is 12.7. The summed E-state index contributed by atoms with van der Waals surface area (Å²) >= 11 is 7.50. The summed E-state index contributed by atoms with van der Waals surface area (Å²) in [6.45, 7) is 0. The smallest absolute Gasteiger partial charge is 0.274 e. The third kappa shape index (κ3) is 2.29. The summed E-state index contributed by atoms with van der Waals surface area (Å²) in [4.78, 5) is 17.9. The highest BCUT2D eigenvalue weighted by atomic mass is 35.5. The summed E-state index contributed by atoms with van der Waals surface area (Å²) < 4.78 is 7.41. The van der Waals surface area contributed by atoms with Crippen LogP contribution in [-0.4, -0.2) is 16.5 Å². The van der Waals surface area contributed by atoms with Crippen molar-refractivity contribution in [3.8, 4) is 5.75 Å². The number of hydrogen-bond acceptors (Lipinski definition) is 4. The van der Waals surface area contributed by atoms with Crippen LogP contribution in [0.25, 0.3) is 22.1 Å². The van der Waals surface area contributed by atoms with Crippen molar-refractivity contribution >= 4 is 45.0 Å². The number of halogens is 1. The van der Waals surface area contributed by atoms with Gasteiger partial charge in [-0.25, -0.2) is 9.38 Å². The van der Waals surface area contributed by atoms with Crippen LogP contribution in [0.5, 0.6) is 5.75 Å². The topological polar surface area (TPSA) is 43.6 Å². The number of para-hydroxylation sites is 2. The highest BCUT2D eigenvalue weighted by Gasteiger charge is 2.10. The van der Waals surface area contributed by atoms with Crippen molar-refractivity contribution in [1.29, 1.82) is 0 Å². The van der Waals surface area contributed by atoms with Crippen molar-refractivity contribution in [2.75, 3.05) is 7.11 Å². The van der Waals surface area contributed by atoms with Crippen molar-refractivity contribution < 1.29 is 4.74 Å². The van der Waals surface area contributed by atoms with E-state index in [1.807, 2.05) is 36.4 Å². The lowest BCUT2D eigenvalue weighted by atomic mass is 10.2. The van der Waals surface area contributed by atoms with Gasteiger partial charge in [-0.05, 0) is 35.9 Å². The Morgan fingerprint density at radius 3 is 2.87 bits per heavy atom. The minimum atomic E-state index is -0.0642. The van der Waals surface area contributed by atoms with E-state index in [0.717, 1.165) is 16.6 Å². The first-order valence-electron chi connectivity index (χ1n) is 6.92. The highest BCUT2D eigenvalue weighted by Crippen LogP contribution is 2.25. The number of fused-ring (bicyclic) bond motifs is 3. The zero-order valence-corrected chi connectivity index (χ0v) is 13.7. The summed E-state index contributed by atoms with van der Waals surface area (Å²) in [5.74, 6) is 0.609. The molecule has 6 heteroatoms. The Kier molecular flexibility index (Phi) is 3.32. The Labute approximate surface area is 140 Å². The predicted octanol–water partition coefficient (Wildman–Crippen LogP) is 3.12. The molecular weight excluding hydrogens is 332 g/mol. The maximum Gasteiger partial charge on any atom is 0.274 e. The van der Waals surface area contributed by atoms with Gasteiger partial charge in [0, 0.05) is 0 Å². The van der Waals surface area contributed by atoms with E-state index >= 15 is 0 Å². The van der Waals surface area contributed by atoms with Crippen LogP contribution in [0, 0.1) is 0 Å². The number of thiazole rings is 1. The van der Waals surface area contributed by atoms with Gasteiger partial charge in [0.05, 0.1) is 27.7 Å². The first kappa shape index (κ1) is 14.2. The van der Waals surface area contributed by atoms with Crippen molar-refractivity contribution in [3.63, 3.8) is 0 Å². The van der Waals surface area contributed by atoms with Crippen LogP contribution in [0.1, 0.15) is 5.56 Å². The van der Waals surface area contributed by atoms with E-state index < -0.39 is 0 Å². The number of aromatic nitrogens is 2. The molecule has 0 N–H and O–H groups in total. The molecular formula is C17H11ClN2O2S. The summed E-state index contributed by atoms with van der Waals surface area (Å²) in [5, 5.41) is 0.514. The molecule has 0 amide bonds. The minimum absolute atomic E-state index is 0.0642. The average Bonchev–Trinajstić information content (AvgIpc) is 3.05. The SMILES string of the molecule is COc1ccc(C=c2sc3nc4ccccc4n3c2=O)cc1Cl. The fraction of sp³-hybridized carbons (Fsp3) is 0.0588. The van der Waals surface area contributed by atoms with Gasteiger partial charge in [0.15, 0.2) is 4.96 Å². The molecule has 4 aromatic rings. The number of rotatable bonds is 2. The van der Waals surface area contributed by atoms with E-state index in [-0.39, 0.29) is 5.56 Å². The number of imidazole rings is 1. The Balaban J connectivity index is 1.94. The molecule has 0 aliphatic heterocycles. The van der Waals surface area contributed by atoms with E-state index in [9.17, 15) is 4.79 Å². The summed E-state index contributed by atoms with van der Waals surface area (Å²) in [6.07, 6.45) is 1.82. The van der Waals surface area contributed by atoms with Crippen LogP contribution in [-0.2, 0) is 0 Å². The largest absolute Gasteiger partial charge is 0.495 e. The summed E-state index contributed by atoms with van der Waals surface area (Å²) in [7, 11) is 1.57. The lowest BCUT2D eigenvalue weighted by Crippen LogP contribution is -2.22. The summed E-state index contributed by atoms with van der Waals surface area (Å²) in [6, 6.07) is 13.0. The molecule has 4 rings (SSSR count). The first-order chi connectivity index (χ1) is 11.2. The lowest BCUT2D eigenvalue weighted by Gasteiger charge is -2.02. The molecule has 0 radical (unpaired) electrons. The quantitative estimate of drug-likeness (QED) is 0.562. The maximum absolute atomic E-state index is 12.7. The van der Waals surface area contributed by atoms with Crippen LogP contribution in [0.15, 0.2) is 47.3 Å². The minimum Gasteiger partial charge on any atom is -0.495 e. The molecule has 0 saturated carbocycles. The molecule has 0 unspecified atom stereocenters. The van der Waals surface area contributed by atoms with Gasteiger partial charge in [0.2, 0.25) is 0 Å². The van der Waals surface area contributed by atoms with Gasteiger partial charge in [-0.1, -0.05) is 41.1 Å².